The maximum absolute atomic E-state index is 12.5. The van der Waals surface area contributed by atoms with Gasteiger partial charge in [0.2, 0.25) is 0 Å². The van der Waals surface area contributed by atoms with E-state index in [0.717, 1.165) is 10.8 Å². The van der Waals surface area contributed by atoms with E-state index in [0.29, 0.717) is 10.9 Å². The maximum Gasteiger partial charge on any atom is 0.406 e. The SMILES string of the molecule is N#CCC(=O)c1cn(CC(F)(F)F)c2ccccc12. The van der Waals surface area contributed by atoms with Crippen molar-refractivity contribution in [3.8, 4) is 6.07 Å². The average Bonchev–Trinajstić information content (AvgIpc) is 2.67. The number of nitrogens with zero attached hydrogens (tertiary/aromatic N) is 2. The number of hydrogen-bond donors (Lipinski definition) is 0. The number of Topliss-reactive ketones (excluding diaryl/α,β-unsaturated/α-hetero) is 1. The van der Waals surface area contributed by atoms with Crippen molar-refractivity contribution >= 4 is 16.7 Å². The number of nitriles is 1. The van der Waals surface area contributed by atoms with Gasteiger partial charge in [0.05, 0.1) is 12.5 Å². The third-order valence-electron chi connectivity index (χ3n) is 2.68. The zero-order chi connectivity index (χ0) is 14.0. The number of ketones is 1. The highest BCUT2D eigenvalue weighted by molar-refractivity contribution is 6.08. The highest BCUT2D eigenvalue weighted by Crippen LogP contribution is 2.26. The number of carbonyl (C=O) groups is 1. The maximum atomic E-state index is 12.5. The van der Waals surface area contributed by atoms with Crippen LogP contribution in [0.2, 0.25) is 0 Å². The summed E-state index contributed by atoms with van der Waals surface area (Å²) in [5.41, 5.74) is 0.488. The van der Waals surface area contributed by atoms with E-state index in [1.807, 2.05) is 0 Å². The van der Waals surface area contributed by atoms with Crippen molar-refractivity contribution in [1.82, 2.24) is 4.57 Å². The zero-order valence-corrected chi connectivity index (χ0v) is 9.74. The smallest absolute Gasteiger partial charge is 0.338 e. The predicted molar refractivity (Wildman–Crippen MR) is 62.6 cm³/mol. The van der Waals surface area contributed by atoms with Crippen LogP contribution in [0.15, 0.2) is 30.5 Å². The molecule has 2 aromatic rings. The van der Waals surface area contributed by atoms with Crippen molar-refractivity contribution in [2.75, 3.05) is 0 Å². The number of aromatic nitrogens is 1. The Kier molecular flexibility index (Phi) is 3.30. The highest BCUT2D eigenvalue weighted by Gasteiger charge is 2.29. The highest BCUT2D eigenvalue weighted by atomic mass is 19.4. The lowest BCUT2D eigenvalue weighted by atomic mass is 10.1. The lowest BCUT2D eigenvalue weighted by Gasteiger charge is -2.08. The van der Waals surface area contributed by atoms with Crippen LogP contribution in [0.4, 0.5) is 13.2 Å². The van der Waals surface area contributed by atoms with E-state index in [9.17, 15) is 18.0 Å². The van der Waals surface area contributed by atoms with Crippen LogP contribution in [0.3, 0.4) is 0 Å². The normalized spacial score (nSPS) is 11.5. The number of carbonyl (C=O) groups excluding carboxylic acids is 1. The summed E-state index contributed by atoms with van der Waals surface area (Å²) in [7, 11) is 0. The van der Waals surface area contributed by atoms with E-state index in [1.165, 1.54) is 6.07 Å². The first kappa shape index (κ1) is 13.1. The van der Waals surface area contributed by atoms with Gasteiger partial charge in [0.15, 0.2) is 5.78 Å². The molecule has 19 heavy (non-hydrogen) atoms. The molecular weight excluding hydrogens is 257 g/mol. The zero-order valence-electron chi connectivity index (χ0n) is 9.74. The minimum atomic E-state index is -4.36. The molecule has 0 fully saturated rings. The van der Waals surface area contributed by atoms with Gasteiger partial charge in [0.1, 0.15) is 6.54 Å². The molecule has 0 spiro atoms. The van der Waals surface area contributed by atoms with Crippen LogP contribution in [0.1, 0.15) is 16.8 Å². The number of alkyl halides is 3. The largest absolute Gasteiger partial charge is 0.406 e. The third kappa shape index (κ3) is 2.76. The summed E-state index contributed by atoms with van der Waals surface area (Å²) in [4.78, 5) is 11.7. The van der Waals surface area contributed by atoms with Gasteiger partial charge in [-0.25, -0.2) is 0 Å². The molecule has 0 saturated carbocycles. The molecule has 0 bridgehead atoms. The molecule has 0 aliphatic rings. The van der Waals surface area contributed by atoms with Crippen LogP contribution in [-0.2, 0) is 6.54 Å². The standard InChI is InChI=1S/C13H9F3N2O/c14-13(15,16)8-18-7-10(12(19)5-6-17)9-3-1-2-4-11(9)18/h1-4,7H,5,8H2. The van der Waals surface area contributed by atoms with Gasteiger partial charge in [-0.15, -0.1) is 0 Å². The monoisotopic (exact) mass is 266 g/mol. The van der Waals surface area contributed by atoms with Crippen LogP contribution in [-0.4, -0.2) is 16.5 Å². The molecule has 0 atom stereocenters. The molecular formula is C13H9F3N2O. The minimum Gasteiger partial charge on any atom is -0.338 e. The summed E-state index contributed by atoms with van der Waals surface area (Å²) >= 11 is 0. The molecule has 0 N–H and O–H groups in total. The van der Waals surface area contributed by atoms with E-state index in [-0.39, 0.29) is 12.0 Å². The Labute approximate surface area is 106 Å². The van der Waals surface area contributed by atoms with Gasteiger partial charge < -0.3 is 4.57 Å². The van der Waals surface area contributed by atoms with E-state index in [4.69, 9.17) is 5.26 Å². The predicted octanol–water partition coefficient (Wildman–Crippen LogP) is 3.30. The van der Waals surface area contributed by atoms with Crippen molar-refractivity contribution in [3.05, 3.63) is 36.0 Å². The molecule has 0 radical (unpaired) electrons. The van der Waals surface area contributed by atoms with Gasteiger partial charge in [0, 0.05) is 22.7 Å². The first-order valence-corrected chi connectivity index (χ1v) is 5.47. The second-order valence-electron chi connectivity index (χ2n) is 4.06. The summed E-state index contributed by atoms with van der Waals surface area (Å²) in [5.74, 6) is -0.473. The van der Waals surface area contributed by atoms with Crippen molar-refractivity contribution in [1.29, 1.82) is 5.26 Å². The lowest BCUT2D eigenvalue weighted by molar-refractivity contribution is -0.139. The Morgan fingerprint density at radius 1 is 1.32 bits per heavy atom. The molecule has 0 aliphatic carbocycles. The third-order valence-corrected chi connectivity index (χ3v) is 2.68. The molecule has 2 rings (SSSR count). The van der Waals surface area contributed by atoms with Gasteiger partial charge in [0.25, 0.3) is 0 Å². The number of halogens is 3. The number of benzene rings is 1. The second kappa shape index (κ2) is 4.76. The van der Waals surface area contributed by atoms with Crippen LogP contribution in [0, 0.1) is 11.3 Å². The fourth-order valence-corrected chi connectivity index (χ4v) is 1.96. The fourth-order valence-electron chi connectivity index (χ4n) is 1.96. The molecule has 6 heteroatoms. The van der Waals surface area contributed by atoms with Crippen molar-refractivity contribution in [3.63, 3.8) is 0 Å². The van der Waals surface area contributed by atoms with Crippen molar-refractivity contribution in [2.45, 2.75) is 19.1 Å². The Hall–Kier alpha value is -2.29. The van der Waals surface area contributed by atoms with E-state index < -0.39 is 18.5 Å². The first-order chi connectivity index (χ1) is 8.92. The van der Waals surface area contributed by atoms with Gasteiger partial charge in [-0.2, -0.15) is 18.4 Å². The average molecular weight is 266 g/mol. The Morgan fingerprint density at radius 2 is 2.00 bits per heavy atom. The molecule has 98 valence electrons. The second-order valence-corrected chi connectivity index (χ2v) is 4.06. The van der Waals surface area contributed by atoms with Gasteiger partial charge in [-0.05, 0) is 6.07 Å². The summed E-state index contributed by atoms with van der Waals surface area (Å²) in [6.07, 6.45) is -3.55. The summed E-state index contributed by atoms with van der Waals surface area (Å²) in [6, 6.07) is 8.05. The van der Waals surface area contributed by atoms with E-state index >= 15 is 0 Å². The van der Waals surface area contributed by atoms with Gasteiger partial charge >= 0.3 is 6.18 Å². The van der Waals surface area contributed by atoms with Crippen LogP contribution in [0.5, 0.6) is 0 Å². The number of para-hydroxylation sites is 1. The lowest BCUT2D eigenvalue weighted by Crippen LogP contribution is -2.16. The van der Waals surface area contributed by atoms with Crippen LogP contribution >= 0.6 is 0 Å². The molecule has 1 aromatic heterocycles. The van der Waals surface area contributed by atoms with Crippen LogP contribution in [0.25, 0.3) is 10.9 Å². The van der Waals surface area contributed by atoms with Gasteiger partial charge in [-0.3, -0.25) is 4.79 Å². The fraction of sp³-hybridized carbons (Fsp3) is 0.231. The van der Waals surface area contributed by atoms with Gasteiger partial charge in [-0.1, -0.05) is 18.2 Å². The molecule has 1 heterocycles. The number of hydrogen-bond acceptors (Lipinski definition) is 2. The summed E-state index contributed by atoms with van der Waals surface area (Å²) in [5, 5.41) is 8.94. The molecule has 0 aliphatic heterocycles. The number of rotatable bonds is 3. The molecule has 0 unspecified atom stereocenters. The quantitative estimate of drug-likeness (QED) is 0.800. The topological polar surface area (TPSA) is 45.8 Å². The minimum absolute atomic E-state index is 0.154. The summed E-state index contributed by atoms with van der Waals surface area (Å²) in [6.45, 7) is -1.16. The molecule has 1 aromatic carbocycles. The van der Waals surface area contributed by atoms with Crippen LogP contribution < -0.4 is 0 Å². The summed E-state index contributed by atoms with van der Waals surface area (Å²) < 4.78 is 38.4. The molecule has 0 saturated heterocycles. The molecule has 0 amide bonds. The Bertz CT molecular complexity index is 665. The van der Waals surface area contributed by atoms with Crippen molar-refractivity contribution in [2.24, 2.45) is 0 Å². The first-order valence-electron chi connectivity index (χ1n) is 5.47. The van der Waals surface area contributed by atoms with E-state index in [1.54, 1.807) is 24.3 Å². The van der Waals surface area contributed by atoms with E-state index in [2.05, 4.69) is 0 Å². The van der Waals surface area contributed by atoms with Crippen molar-refractivity contribution < 1.29 is 18.0 Å². The Morgan fingerprint density at radius 3 is 2.63 bits per heavy atom. The molecule has 3 nitrogen and oxygen atoms in total. The Balaban J connectivity index is 2.55. The number of fused-ring (bicyclic) bond motifs is 1.